The predicted octanol–water partition coefficient (Wildman–Crippen LogP) is 2.81. The number of aromatic nitrogens is 2. The average molecular weight is 330 g/mol. The van der Waals surface area contributed by atoms with Crippen molar-refractivity contribution in [1.29, 1.82) is 0 Å². The van der Waals surface area contributed by atoms with Gasteiger partial charge in [0.25, 0.3) is 0 Å². The molecule has 1 rings (SSSR count). The lowest BCUT2D eigenvalue weighted by molar-refractivity contribution is 0.303. The van der Waals surface area contributed by atoms with Crippen LogP contribution in [0.3, 0.4) is 0 Å². The molecular formula is C13H24BrN5. The van der Waals surface area contributed by atoms with Crippen LogP contribution >= 0.6 is 15.9 Å². The normalized spacial score (nSPS) is 10.8. The second-order valence-corrected chi connectivity index (χ2v) is 5.08. The van der Waals surface area contributed by atoms with Crippen molar-refractivity contribution in [3.05, 3.63) is 10.7 Å². The van der Waals surface area contributed by atoms with Crippen molar-refractivity contribution < 1.29 is 0 Å². The molecule has 0 bridgehead atoms. The van der Waals surface area contributed by atoms with E-state index in [1.54, 1.807) is 6.20 Å². The van der Waals surface area contributed by atoms with E-state index in [0.29, 0.717) is 5.95 Å². The van der Waals surface area contributed by atoms with Gasteiger partial charge in [-0.25, -0.2) is 4.98 Å². The Morgan fingerprint density at radius 2 is 1.95 bits per heavy atom. The summed E-state index contributed by atoms with van der Waals surface area (Å²) in [7, 11) is 0. The third-order valence-corrected chi connectivity index (χ3v) is 3.50. The number of nitrogens with one attached hydrogen (secondary N) is 2. The van der Waals surface area contributed by atoms with Crippen molar-refractivity contribution in [2.45, 2.75) is 27.2 Å². The molecule has 0 fully saturated rings. The predicted molar refractivity (Wildman–Crippen MR) is 84.8 cm³/mol. The summed E-state index contributed by atoms with van der Waals surface area (Å²) in [5.74, 6) is 1.52. The summed E-state index contributed by atoms with van der Waals surface area (Å²) in [6.07, 6.45) is 2.88. The van der Waals surface area contributed by atoms with E-state index in [1.807, 2.05) is 6.92 Å². The SMILES string of the molecule is CCNc1ncc(Br)c(NCCCN(CC)CC)n1. The monoisotopic (exact) mass is 329 g/mol. The van der Waals surface area contributed by atoms with Gasteiger partial charge in [-0.05, 0) is 48.9 Å². The Morgan fingerprint density at radius 1 is 1.21 bits per heavy atom. The topological polar surface area (TPSA) is 53.1 Å². The number of hydrogen-bond donors (Lipinski definition) is 2. The first-order valence-electron chi connectivity index (χ1n) is 6.93. The Labute approximate surface area is 124 Å². The third-order valence-electron chi connectivity index (χ3n) is 2.92. The maximum Gasteiger partial charge on any atom is 0.224 e. The van der Waals surface area contributed by atoms with Gasteiger partial charge in [-0.3, -0.25) is 0 Å². The van der Waals surface area contributed by atoms with Gasteiger partial charge in [0, 0.05) is 19.3 Å². The van der Waals surface area contributed by atoms with E-state index in [9.17, 15) is 0 Å². The van der Waals surface area contributed by atoms with Crippen LogP contribution in [0, 0.1) is 0 Å². The molecule has 0 aliphatic rings. The largest absolute Gasteiger partial charge is 0.369 e. The molecule has 0 spiro atoms. The molecule has 1 aromatic rings. The highest BCUT2D eigenvalue weighted by Gasteiger charge is 2.04. The fraction of sp³-hybridized carbons (Fsp3) is 0.692. The Balaban J connectivity index is 2.41. The maximum atomic E-state index is 4.43. The molecule has 0 amide bonds. The highest BCUT2D eigenvalue weighted by Crippen LogP contribution is 2.19. The van der Waals surface area contributed by atoms with Crippen molar-refractivity contribution in [3.63, 3.8) is 0 Å². The zero-order chi connectivity index (χ0) is 14.1. The molecule has 0 radical (unpaired) electrons. The van der Waals surface area contributed by atoms with Crippen LogP contribution in [0.2, 0.25) is 0 Å². The van der Waals surface area contributed by atoms with Crippen LogP contribution in [0.1, 0.15) is 27.2 Å². The van der Waals surface area contributed by atoms with Gasteiger partial charge in [-0.2, -0.15) is 4.98 Å². The number of nitrogens with zero attached hydrogens (tertiary/aromatic N) is 3. The van der Waals surface area contributed by atoms with Gasteiger partial charge in [0.05, 0.1) is 4.47 Å². The fourth-order valence-electron chi connectivity index (χ4n) is 1.78. The van der Waals surface area contributed by atoms with Gasteiger partial charge >= 0.3 is 0 Å². The standard InChI is InChI=1S/C13H24BrN5/c1-4-15-13-17-10-11(14)12(18-13)16-8-7-9-19(5-2)6-3/h10H,4-9H2,1-3H3,(H2,15,16,17,18). The Hall–Kier alpha value is -0.880. The molecule has 5 nitrogen and oxygen atoms in total. The zero-order valence-electron chi connectivity index (χ0n) is 12.0. The Morgan fingerprint density at radius 3 is 2.58 bits per heavy atom. The minimum Gasteiger partial charge on any atom is -0.369 e. The minimum atomic E-state index is 0.664. The molecule has 0 saturated heterocycles. The van der Waals surface area contributed by atoms with Crippen LogP contribution in [0.4, 0.5) is 11.8 Å². The second kappa shape index (κ2) is 9.09. The van der Waals surface area contributed by atoms with E-state index >= 15 is 0 Å². The van der Waals surface area contributed by atoms with Crippen LogP contribution in [0.5, 0.6) is 0 Å². The lowest BCUT2D eigenvalue weighted by Crippen LogP contribution is -2.25. The van der Waals surface area contributed by atoms with Crippen molar-refractivity contribution in [2.24, 2.45) is 0 Å². The molecule has 19 heavy (non-hydrogen) atoms. The van der Waals surface area contributed by atoms with E-state index in [4.69, 9.17) is 0 Å². The van der Waals surface area contributed by atoms with Gasteiger partial charge in [-0.1, -0.05) is 13.8 Å². The second-order valence-electron chi connectivity index (χ2n) is 4.23. The summed E-state index contributed by atoms with van der Waals surface area (Å²) in [5.41, 5.74) is 0. The zero-order valence-corrected chi connectivity index (χ0v) is 13.6. The van der Waals surface area contributed by atoms with Crippen LogP contribution in [0.25, 0.3) is 0 Å². The molecule has 0 unspecified atom stereocenters. The molecule has 6 heteroatoms. The summed E-state index contributed by atoms with van der Waals surface area (Å²) >= 11 is 3.46. The Bertz CT molecular complexity index is 368. The third kappa shape index (κ3) is 5.74. The molecule has 1 aromatic heterocycles. The molecule has 108 valence electrons. The maximum absolute atomic E-state index is 4.43. The van der Waals surface area contributed by atoms with E-state index in [1.165, 1.54) is 0 Å². The van der Waals surface area contributed by atoms with Gasteiger partial charge in [-0.15, -0.1) is 0 Å². The van der Waals surface area contributed by atoms with Crippen molar-refractivity contribution >= 4 is 27.7 Å². The number of rotatable bonds is 9. The van der Waals surface area contributed by atoms with Gasteiger partial charge in [0.1, 0.15) is 5.82 Å². The fourth-order valence-corrected chi connectivity index (χ4v) is 2.11. The average Bonchev–Trinajstić information content (AvgIpc) is 2.42. The number of halogens is 1. The summed E-state index contributed by atoms with van der Waals surface area (Å²) < 4.78 is 0.900. The lowest BCUT2D eigenvalue weighted by Gasteiger charge is -2.18. The van der Waals surface area contributed by atoms with E-state index < -0.39 is 0 Å². The number of hydrogen-bond acceptors (Lipinski definition) is 5. The molecule has 1 heterocycles. The Kier molecular flexibility index (Phi) is 7.74. The first-order chi connectivity index (χ1) is 9.21. The van der Waals surface area contributed by atoms with Crippen LogP contribution in [-0.4, -0.2) is 47.6 Å². The molecule has 0 atom stereocenters. The molecular weight excluding hydrogens is 306 g/mol. The number of anilines is 2. The molecule has 0 aliphatic heterocycles. The lowest BCUT2D eigenvalue weighted by atomic mass is 10.3. The van der Waals surface area contributed by atoms with E-state index in [-0.39, 0.29) is 0 Å². The van der Waals surface area contributed by atoms with Crippen LogP contribution in [-0.2, 0) is 0 Å². The van der Waals surface area contributed by atoms with Crippen LogP contribution < -0.4 is 10.6 Å². The first-order valence-corrected chi connectivity index (χ1v) is 7.73. The summed E-state index contributed by atoms with van der Waals surface area (Å²) in [5, 5.41) is 6.46. The molecule has 0 aliphatic carbocycles. The van der Waals surface area contributed by atoms with Crippen molar-refractivity contribution in [2.75, 3.05) is 43.4 Å². The van der Waals surface area contributed by atoms with Gasteiger partial charge in [0.15, 0.2) is 0 Å². The first kappa shape index (κ1) is 16.2. The van der Waals surface area contributed by atoms with Gasteiger partial charge < -0.3 is 15.5 Å². The summed E-state index contributed by atoms with van der Waals surface area (Å²) in [4.78, 5) is 11.0. The van der Waals surface area contributed by atoms with Crippen molar-refractivity contribution in [3.8, 4) is 0 Å². The quantitative estimate of drug-likeness (QED) is 0.682. The minimum absolute atomic E-state index is 0.664. The highest BCUT2D eigenvalue weighted by molar-refractivity contribution is 9.10. The summed E-state index contributed by atoms with van der Waals surface area (Å²) in [6, 6.07) is 0. The smallest absolute Gasteiger partial charge is 0.224 e. The van der Waals surface area contributed by atoms with Crippen LogP contribution in [0.15, 0.2) is 10.7 Å². The van der Waals surface area contributed by atoms with Crippen molar-refractivity contribution in [1.82, 2.24) is 14.9 Å². The molecule has 0 saturated carbocycles. The highest BCUT2D eigenvalue weighted by atomic mass is 79.9. The van der Waals surface area contributed by atoms with E-state index in [2.05, 4.69) is 55.3 Å². The summed E-state index contributed by atoms with van der Waals surface area (Å²) in [6.45, 7) is 11.5. The molecule has 0 aromatic carbocycles. The van der Waals surface area contributed by atoms with Gasteiger partial charge in [0.2, 0.25) is 5.95 Å². The molecule has 2 N–H and O–H groups in total. The van der Waals surface area contributed by atoms with E-state index in [0.717, 1.165) is 49.4 Å².